The third kappa shape index (κ3) is 5.03. The number of ketones is 1. The van der Waals surface area contributed by atoms with Crippen molar-refractivity contribution < 1.29 is 24.5 Å². The second-order valence-electron chi connectivity index (χ2n) is 8.17. The molecule has 1 saturated heterocycles. The van der Waals surface area contributed by atoms with E-state index in [-0.39, 0.29) is 22.8 Å². The lowest BCUT2D eigenvalue weighted by Gasteiger charge is -2.27. The highest BCUT2D eigenvalue weighted by atomic mass is 16.5. The van der Waals surface area contributed by atoms with Crippen LogP contribution in [-0.4, -0.2) is 65.0 Å². The minimum Gasteiger partial charge on any atom is -0.507 e. The highest BCUT2D eigenvalue weighted by molar-refractivity contribution is 6.46. The third-order valence-corrected chi connectivity index (χ3v) is 6.15. The van der Waals surface area contributed by atoms with Gasteiger partial charge in [0, 0.05) is 12.1 Å². The van der Waals surface area contributed by atoms with Crippen LogP contribution in [0.25, 0.3) is 5.76 Å². The average Bonchev–Trinajstić information content (AvgIpc) is 3.07. The number of rotatable bonds is 9. The van der Waals surface area contributed by atoms with Gasteiger partial charge in [-0.2, -0.15) is 0 Å². The summed E-state index contributed by atoms with van der Waals surface area (Å²) in [6.07, 6.45) is 0.686. The SMILES string of the molecule is CCN(CC)CCCN1C(=O)C(=O)C(=C(O)c2ccc(C)cc2)C1c1ccc(O)c(OC)c1. The lowest BCUT2D eigenvalue weighted by Crippen LogP contribution is -2.33. The van der Waals surface area contributed by atoms with Gasteiger partial charge in [-0.15, -0.1) is 0 Å². The fraction of sp³-hybridized carbons (Fsp3) is 0.385. The smallest absolute Gasteiger partial charge is 0.295 e. The number of Topliss-reactive ketones (excluding diaryl/α,β-unsaturated/α-hetero) is 1. The van der Waals surface area contributed by atoms with Gasteiger partial charge >= 0.3 is 0 Å². The number of ether oxygens (including phenoxy) is 1. The molecule has 2 N–H and O–H groups in total. The molecule has 0 bridgehead atoms. The van der Waals surface area contributed by atoms with Crippen LogP contribution in [0.15, 0.2) is 48.0 Å². The lowest BCUT2D eigenvalue weighted by molar-refractivity contribution is -0.140. The number of aryl methyl sites for hydroxylation is 1. The van der Waals surface area contributed by atoms with Gasteiger partial charge in [-0.05, 0) is 50.7 Å². The summed E-state index contributed by atoms with van der Waals surface area (Å²) in [6, 6.07) is 11.1. The summed E-state index contributed by atoms with van der Waals surface area (Å²) in [4.78, 5) is 29.9. The summed E-state index contributed by atoms with van der Waals surface area (Å²) >= 11 is 0. The lowest BCUT2D eigenvalue weighted by atomic mass is 9.94. The number of aliphatic hydroxyl groups is 1. The quantitative estimate of drug-likeness (QED) is 0.341. The normalized spacial score (nSPS) is 17.7. The summed E-state index contributed by atoms with van der Waals surface area (Å²) in [5, 5.41) is 21.2. The number of aliphatic hydroxyl groups excluding tert-OH is 1. The fourth-order valence-electron chi connectivity index (χ4n) is 4.19. The minimum atomic E-state index is -0.780. The van der Waals surface area contributed by atoms with E-state index in [1.807, 2.05) is 19.1 Å². The molecule has 1 aliphatic rings. The molecule has 1 unspecified atom stereocenters. The molecule has 2 aromatic rings. The Morgan fingerprint density at radius 2 is 1.76 bits per heavy atom. The zero-order chi connectivity index (χ0) is 24.1. The molecule has 176 valence electrons. The molecule has 1 amide bonds. The number of phenolic OH excluding ortho intramolecular Hbond substituents is 1. The van der Waals surface area contributed by atoms with Crippen molar-refractivity contribution in [2.45, 2.75) is 33.2 Å². The summed E-state index contributed by atoms with van der Waals surface area (Å²) in [5.74, 6) is -1.38. The maximum absolute atomic E-state index is 13.1. The Labute approximate surface area is 194 Å². The Balaban J connectivity index is 2.07. The maximum Gasteiger partial charge on any atom is 0.295 e. The fourth-order valence-corrected chi connectivity index (χ4v) is 4.19. The van der Waals surface area contributed by atoms with E-state index in [2.05, 4.69) is 18.7 Å². The van der Waals surface area contributed by atoms with Crippen LogP contribution >= 0.6 is 0 Å². The van der Waals surface area contributed by atoms with Crippen LogP contribution in [-0.2, 0) is 9.59 Å². The van der Waals surface area contributed by atoms with Gasteiger partial charge in [-0.1, -0.05) is 49.7 Å². The van der Waals surface area contributed by atoms with E-state index in [1.165, 1.54) is 18.1 Å². The highest BCUT2D eigenvalue weighted by Crippen LogP contribution is 2.41. The Morgan fingerprint density at radius 3 is 2.36 bits per heavy atom. The van der Waals surface area contributed by atoms with E-state index >= 15 is 0 Å². The number of carbonyl (C=O) groups excluding carboxylic acids is 2. The number of nitrogens with zero attached hydrogens (tertiary/aromatic N) is 2. The van der Waals surface area contributed by atoms with Crippen molar-refractivity contribution in [1.82, 2.24) is 9.80 Å². The molecule has 0 radical (unpaired) electrons. The monoisotopic (exact) mass is 452 g/mol. The second-order valence-corrected chi connectivity index (χ2v) is 8.17. The highest BCUT2D eigenvalue weighted by Gasteiger charge is 2.46. The Hall–Kier alpha value is -3.32. The van der Waals surface area contributed by atoms with E-state index < -0.39 is 17.7 Å². The first kappa shape index (κ1) is 24.3. The Bertz CT molecular complexity index is 1040. The van der Waals surface area contributed by atoms with E-state index in [0.29, 0.717) is 24.1 Å². The van der Waals surface area contributed by atoms with Crippen LogP contribution < -0.4 is 4.74 Å². The van der Waals surface area contributed by atoms with Crippen molar-refractivity contribution in [2.24, 2.45) is 0 Å². The number of hydrogen-bond donors (Lipinski definition) is 2. The number of aromatic hydroxyl groups is 1. The molecular weight excluding hydrogens is 420 g/mol. The molecular formula is C26H32N2O5. The number of methoxy groups -OCH3 is 1. The predicted molar refractivity (Wildman–Crippen MR) is 127 cm³/mol. The van der Waals surface area contributed by atoms with Gasteiger partial charge in [0.2, 0.25) is 0 Å². The molecule has 0 saturated carbocycles. The summed E-state index contributed by atoms with van der Waals surface area (Å²) in [7, 11) is 1.44. The van der Waals surface area contributed by atoms with Crippen molar-refractivity contribution in [3.63, 3.8) is 0 Å². The Kier molecular flexibility index (Phi) is 7.76. The van der Waals surface area contributed by atoms with E-state index in [4.69, 9.17) is 4.74 Å². The van der Waals surface area contributed by atoms with Crippen LogP contribution in [0.3, 0.4) is 0 Å². The van der Waals surface area contributed by atoms with Crippen LogP contribution in [0.5, 0.6) is 11.5 Å². The standard InChI is InChI=1S/C26H32N2O5/c1-5-27(6-2)14-7-15-28-23(19-12-13-20(29)21(16-19)33-4)22(25(31)26(28)32)24(30)18-10-8-17(3)9-11-18/h8-13,16,23,29-30H,5-7,14-15H2,1-4H3. The van der Waals surface area contributed by atoms with Gasteiger partial charge in [-0.25, -0.2) is 0 Å². The van der Waals surface area contributed by atoms with Gasteiger partial charge in [0.1, 0.15) is 5.76 Å². The first-order valence-electron chi connectivity index (χ1n) is 11.3. The molecule has 1 atom stereocenters. The van der Waals surface area contributed by atoms with E-state index in [9.17, 15) is 19.8 Å². The first-order valence-corrected chi connectivity index (χ1v) is 11.3. The topological polar surface area (TPSA) is 90.3 Å². The summed E-state index contributed by atoms with van der Waals surface area (Å²) < 4.78 is 5.25. The van der Waals surface area contributed by atoms with Crippen LogP contribution in [0.4, 0.5) is 0 Å². The molecule has 7 nitrogen and oxygen atoms in total. The number of likely N-dealkylation sites (tertiary alicyclic amines) is 1. The van der Waals surface area contributed by atoms with Gasteiger partial charge in [-0.3, -0.25) is 9.59 Å². The third-order valence-electron chi connectivity index (χ3n) is 6.15. The molecule has 3 rings (SSSR count). The zero-order valence-corrected chi connectivity index (χ0v) is 19.7. The van der Waals surface area contributed by atoms with Crippen molar-refractivity contribution in [1.29, 1.82) is 0 Å². The number of hydrogen-bond acceptors (Lipinski definition) is 6. The van der Waals surface area contributed by atoms with Gasteiger partial charge < -0.3 is 24.7 Å². The van der Waals surface area contributed by atoms with Crippen LogP contribution in [0.1, 0.15) is 43.0 Å². The second kappa shape index (κ2) is 10.5. The maximum atomic E-state index is 13.1. The van der Waals surface area contributed by atoms with Crippen molar-refractivity contribution >= 4 is 17.4 Å². The van der Waals surface area contributed by atoms with Crippen molar-refractivity contribution in [2.75, 3.05) is 33.3 Å². The van der Waals surface area contributed by atoms with Gasteiger partial charge in [0.05, 0.1) is 18.7 Å². The molecule has 7 heteroatoms. The zero-order valence-electron chi connectivity index (χ0n) is 19.7. The molecule has 0 aliphatic carbocycles. The van der Waals surface area contributed by atoms with Crippen LogP contribution in [0, 0.1) is 6.92 Å². The Morgan fingerprint density at radius 1 is 1.09 bits per heavy atom. The van der Waals surface area contributed by atoms with Crippen molar-refractivity contribution in [3.8, 4) is 11.5 Å². The summed E-state index contributed by atoms with van der Waals surface area (Å²) in [6.45, 7) is 9.06. The first-order chi connectivity index (χ1) is 15.8. The van der Waals surface area contributed by atoms with Gasteiger partial charge in [0.25, 0.3) is 11.7 Å². The minimum absolute atomic E-state index is 0.0411. The predicted octanol–water partition coefficient (Wildman–Crippen LogP) is 3.86. The average molecular weight is 453 g/mol. The van der Waals surface area contributed by atoms with Crippen LogP contribution in [0.2, 0.25) is 0 Å². The molecule has 0 aromatic heterocycles. The van der Waals surface area contributed by atoms with E-state index in [0.717, 1.165) is 25.2 Å². The van der Waals surface area contributed by atoms with Crippen molar-refractivity contribution in [3.05, 3.63) is 64.7 Å². The molecule has 33 heavy (non-hydrogen) atoms. The molecule has 1 fully saturated rings. The molecule has 0 spiro atoms. The number of phenols is 1. The van der Waals surface area contributed by atoms with Gasteiger partial charge in [0.15, 0.2) is 11.5 Å². The molecule has 1 aliphatic heterocycles. The molecule has 1 heterocycles. The number of carbonyl (C=O) groups is 2. The summed E-state index contributed by atoms with van der Waals surface area (Å²) in [5.41, 5.74) is 2.11. The molecule has 2 aromatic carbocycles. The van der Waals surface area contributed by atoms with E-state index in [1.54, 1.807) is 24.3 Å². The largest absolute Gasteiger partial charge is 0.507 e. The number of amides is 1. The number of benzene rings is 2.